The molecule has 0 N–H and O–H groups in total. The molecule has 5 aromatic carbocycles. The van der Waals surface area contributed by atoms with Gasteiger partial charge in [0, 0.05) is 68.2 Å². The molecule has 6 heterocycles. The summed E-state index contributed by atoms with van der Waals surface area (Å²) in [6.45, 7) is 0. The highest BCUT2D eigenvalue weighted by atomic mass is 14.7. The summed E-state index contributed by atoms with van der Waals surface area (Å²) in [5.74, 6) is 0. The second-order valence-corrected chi connectivity index (χ2v) is 13.6. The molecule has 6 heteroatoms. The van der Waals surface area contributed by atoms with Gasteiger partial charge >= 0.3 is 0 Å². The van der Waals surface area contributed by atoms with Gasteiger partial charge in [0.15, 0.2) is 0 Å². The third-order valence-electron chi connectivity index (χ3n) is 10.4. The molecule has 0 amide bonds. The SMILES string of the molecule is c1cnc2c(c1)cc(-c1ccc(-c3ccc4ccc(-c5ccc6ccc(-c7cc8cccnc8c8ncccc78)nc6c5)cc4n3)cc1)c1cccnc12. The topological polar surface area (TPSA) is 77.3 Å². The number of nitrogens with zero attached hydrogens (tertiary/aromatic N) is 6. The Labute approximate surface area is 309 Å². The highest BCUT2D eigenvalue weighted by molar-refractivity contribution is 6.11. The van der Waals surface area contributed by atoms with Gasteiger partial charge in [0.25, 0.3) is 0 Å². The van der Waals surface area contributed by atoms with E-state index in [2.05, 4.69) is 136 Å². The van der Waals surface area contributed by atoms with E-state index in [1.54, 1.807) is 0 Å². The van der Waals surface area contributed by atoms with Gasteiger partial charge in [-0.05, 0) is 82.9 Å². The minimum absolute atomic E-state index is 0.883. The van der Waals surface area contributed by atoms with Gasteiger partial charge in [0.05, 0.1) is 44.5 Å². The summed E-state index contributed by atoms with van der Waals surface area (Å²) in [5.41, 5.74) is 13.9. The maximum atomic E-state index is 5.19. The molecule has 0 aliphatic heterocycles. The van der Waals surface area contributed by atoms with Crippen LogP contribution >= 0.6 is 0 Å². The monoisotopic (exact) mass is 688 g/mol. The summed E-state index contributed by atoms with van der Waals surface area (Å²) in [6.07, 6.45) is 7.29. The summed E-state index contributed by atoms with van der Waals surface area (Å²) in [5, 5.41) is 6.42. The Morgan fingerprint density at radius 3 is 1.35 bits per heavy atom. The lowest BCUT2D eigenvalue weighted by Gasteiger charge is -2.11. The number of fused-ring (bicyclic) bond motifs is 8. The first-order valence-corrected chi connectivity index (χ1v) is 17.9. The van der Waals surface area contributed by atoms with Gasteiger partial charge in [-0.3, -0.25) is 19.9 Å². The van der Waals surface area contributed by atoms with E-state index in [1.807, 2.05) is 49.1 Å². The van der Waals surface area contributed by atoms with Crippen molar-refractivity contribution in [2.45, 2.75) is 0 Å². The molecule has 0 atom stereocenters. The van der Waals surface area contributed by atoms with Crippen molar-refractivity contribution < 1.29 is 0 Å². The van der Waals surface area contributed by atoms with Crippen molar-refractivity contribution in [3.63, 3.8) is 0 Å². The van der Waals surface area contributed by atoms with Crippen molar-refractivity contribution in [1.29, 1.82) is 0 Å². The number of hydrogen-bond acceptors (Lipinski definition) is 6. The largest absolute Gasteiger partial charge is 0.254 e. The normalized spacial score (nSPS) is 11.7. The van der Waals surface area contributed by atoms with Crippen LogP contribution in [0, 0.1) is 0 Å². The standard InChI is InChI=1S/C48H28N6/c1-5-35-25-39(37-7-3-23-51-47(37)45(35)49-21-1)29-9-11-30(12-10-29)41-19-17-31-13-15-33(27-43(31)53-41)34-16-14-32-18-20-42(54-44(32)28-34)40-26-36-6-2-22-50-46(36)48-38(40)8-4-24-52-48/h1-28H. The quantitative estimate of drug-likeness (QED) is 0.171. The Bertz CT molecular complexity index is 3280. The zero-order valence-electron chi connectivity index (χ0n) is 28.8. The maximum absolute atomic E-state index is 5.19. The minimum atomic E-state index is 0.883. The fourth-order valence-electron chi connectivity index (χ4n) is 7.73. The van der Waals surface area contributed by atoms with Crippen LogP contribution < -0.4 is 0 Å². The smallest absolute Gasteiger partial charge is 0.0971 e. The number of aromatic nitrogens is 6. The first-order chi connectivity index (χ1) is 26.7. The predicted octanol–water partition coefficient (Wildman–Crippen LogP) is 11.6. The van der Waals surface area contributed by atoms with Crippen molar-refractivity contribution >= 4 is 65.4 Å². The summed E-state index contributed by atoms with van der Waals surface area (Å²) in [7, 11) is 0. The number of hydrogen-bond donors (Lipinski definition) is 0. The molecule has 6 nitrogen and oxygen atoms in total. The molecular weight excluding hydrogens is 661 g/mol. The zero-order valence-corrected chi connectivity index (χ0v) is 28.8. The Hall–Kier alpha value is -7.44. The van der Waals surface area contributed by atoms with Crippen molar-refractivity contribution in [2.24, 2.45) is 0 Å². The van der Waals surface area contributed by atoms with E-state index in [-0.39, 0.29) is 0 Å². The molecule has 11 aromatic rings. The molecule has 0 saturated heterocycles. The summed E-state index contributed by atoms with van der Waals surface area (Å²) < 4.78 is 0. The molecule has 0 fully saturated rings. The molecule has 0 aliphatic rings. The first-order valence-electron chi connectivity index (χ1n) is 17.9. The maximum Gasteiger partial charge on any atom is 0.0971 e. The minimum Gasteiger partial charge on any atom is -0.254 e. The van der Waals surface area contributed by atoms with Crippen LogP contribution in [0.25, 0.3) is 110 Å². The van der Waals surface area contributed by atoms with Gasteiger partial charge in [0.1, 0.15) is 0 Å². The lowest BCUT2D eigenvalue weighted by Crippen LogP contribution is -1.91. The van der Waals surface area contributed by atoms with E-state index in [1.165, 1.54) is 0 Å². The first kappa shape index (κ1) is 30.2. The van der Waals surface area contributed by atoms with Crippen LogP contribution in [0.5, 0.6) is 0 Å². The Morgan fingerprint density at radius 2 is 0.741 bits per heavy atom. The van der Waals surface area contributed by atoms with Crippen LogP contribution in [0.3, 0.4) is 0 Å². The Kier molecular flexibility index (Phi) is 6.75. The third kappa shape index (κ3) is 4.96. The van der Waals surface area contributed by atoms with Crippen LogP contribution in [-0.4, -0.2) is 29.9 Å². The molecule has 0 bridgehead atoms. The molecule has 0 unspecified atom stereocenters. The number of pyridine rings is 6. The van der Waals surface area contributed by atoms with E-state index < -0.39 is 0 Å². The van der Waals surface area contributed by atoms with E-state index in [9.17, 15) is 0 Å². The lowest BCUT2D eigenvalue weighted by atomic mass is 9.96. The average molecular weight is 689 g/mol. The van der Waals surface area contributed by atoms with Gasteiger partial charge in [0.2, 0.25) is 0 Å². The molecule has 0 radical (unpaired) electrons. The number of benzene rings is 5. The second-order valence-electron chi connectivity index (χ2n) is 13.6. The Balaban J connectivity index is 0.948. The van der Waals surface area contributed by atoms with Crippen LogP contribution in [0.4, 0.5) is 0 Å². The molecule has 54 heavy (non-hydrogen) atoms. The van der Waals surface area contributed by atoms with Crippen LogP contribution in [0.2, 0.25) is 0 Å². The van der Waals surface area contributed by atoms with Crippen LogP contribution in [0.1, 0.15) is 0 Å². The zero-order chi connectivity index (χ0) is 35.6. The highest BCUT2D eigenvalue weighted by Gasteiger charge is 2.14. The van der Waals surface area contributed by atoms with Gasteiger partial charge in [-0.1, -0.05) is 84.9 Å². The molecule has 0 aliphatic carbocycles. The van der Waals surface area contributed by atoms with Crippen molar-refractivity contribution in [2.75, 3.05) is 0 Å². The van der Waals surface area contributed by atoms with Crippen LogP contribution in [0.15, 0.2) is 170 Å². The van der Waals surface area contributed by atoms with Gasteiger partial charge in [-0.25, -0.2) is 9.97 Å². The van der Waals surface area contributed by atoms with Gasteiger partial charge in [-0.2, -0.15) is 0 Å². The average Bonchev–Trinajstić information content (AvgIpc) is 3.25. The van der Waals surface area contributed by atoms with E-state index >= 15 is 0 Å². The fourth-order valence-corrected chi connectivity index (χ4v) is 7.73. The second kappa shape index (κ2) is 12.1. The number of rotatable bonds is 4. The highest BCUT2D eigenvalue weighted by Crippen LogP contribution is 2.36. The van der Waals surface area contributed by atoms with Crippen molar-refractivity contribution in [3.05, 3.63) is 170 Å². The van der Waals surface area contributed by atoms with Gasteiger partial charge in [-0.15, -0.1) is 0 Å². The molecule has 0 saturated carbocycles. The molecule has 250 valence electrons. The van der Waals surface area contributed by atoms with Crippen molar-refractivity contribution in [3.8, 4) is 44.8 Å². The summed E-state index contributed by atoms with van der Waals surface area (Å²) in [4.78, 5) is 29.0. The molecule has 6 aromatic heterocycles. The fraction of sp³-hybridized carbons (Fsp3) is 0. The Morgan fingerprint density at radius 1 is 0.296 bits per heavy atom. The van der Waals surface area contributed by atoms with E-state index in [0.717, 1.165) is 110 Å². The lowest BCUT2D eigenvalue weighted by molar-refractivity contribution is 1.36. The summed E-state index contributed by atoms with van der Waals surface area (Å²) >= 11 is 0. The van der Waals surface area contributed by atoms with Gasteiger partial charge < -0.3 is 0 Å². The van der Waals surface area contributed by atoms with Crippen molar-refractivity contribution in [1.82, 2.24) is 29.9 Å². The molecule has 11 rings (SSSR count). The predicted molar refractivity (Wildman–Crippen MR) is 220 cm³/mol. The summed E-state index contributed by atoms with van der Waals surface area (Å²) in [6, 6.07) is 50.8. The molecular formula is C48H28N6. The third-order valence-corrected chi connectivity index (χ3v) is 10.4. The van der Waals surface area contributed by atoms with Crippen LogP contribution in [-0.2, 0) is 0 Å². The van der Waals surface area contributed by atoms with E-state index in [0.29, 0.717) is 0 Å². The molecule has 0 spiro atoms. The van der Waals surface area contributed by atoms with E-state index in [4.69, 9.17) is 15.0 Å².